The van der Waals surface area contributed by atoms with E-state index in [0.29, 0.717) is 13.2 Å². The Morgan fingerprint density at radius 3 is 2.44 bits per heavy atom. The highest BCUT2D eigenvalue weighted by Gasteiger charge is 2.29. The number of nitrogens with one attached hydrogen (secondary N) is 1. The van der Waals surface area contributed by atoms with Gasteiger partial charge in [-0.3, -0.25) is 9.59 Å². The van der Waals surface area contributed by atoms with Crippen LogP contribution in [0, 0.1) is 0 Å². The van der Waals surface area contributed by atoms with Gasteiger partial charge in [0.25, 0.3) is 5.91 Å². The van der Waals surface area contributed by atoms with Crippen molar-refractivity contribution in [1.82, 2.24) is 14.2 Å². The zero-order valence-electron chi connectivity index (χ0n) is 18.5. The molecule has 0 radical (unpaired) electrons. The second-order valence-corrected chi connectivity index (χ2v) is 9.81. The smallest absolute Gasteiger partial charge is 0.308 e. The van der Waals surface area contributed by atoms with Gasteiger partial charge < -0.3 is 19.4 Å². The number of hydrogen-bond acceptors (Lipinski definition) is 6. The molecule has 1 aliphatic rings. The fraction of sp³-hybridized carbons (Fsp3) is 0.455. The number of aryl methyl sites for hydroxylation is 1. The van der Waals surface area contributed by atoms with Crippen LogP contribution < -0.4 is 5.32 Å². The fourth-order valence-corrected chi connectivity index (χ4v) is 4.96. The van der Waals surface area contributed by atoms with E-state index in [4.69, 9.17) is 9.47 Å². The second-order valence-electron chi connectivity index (χ2n) is 7.87. The molecule has 9 nitrogen and oxygen atoms in total. The number of esters is 1. The molecule has 1 fully saturated rings. The first-order valence-electron chi connectivity index (χ1n) is 10.5. The summed E-state index contributed by atoms with van der Waals surface area (Å²) in [4.78, 5) is 25.4. The minimum atomic E-state index is -3.73. The number of morpholine rings is 1. The lowest BCUT2D eigenvalue weighted by Gasteiger charge is -2.25. The number of aromatic nitrogens is 1. The maximum absolute atomic E-state index is 13.1. The molecular formula is C22H29N3O6S. The van der Waals surface area contributed by atoms with Gasteiger partial charge in [-0.2, -0.15) is 4.31 Å². The Balaban J connectivity index is 1.81. The Morgan fingerprint density at radius 2 is 1.81 bits per heavy atom. The molecular weight excluding hydrogens is 434 g/mol. The largest absolute Gasteiger partial charge is 0.463 e. The van der Waals surface area contributed by atoms with Gasteiger partial charge in [-0.25, -0.2) is 8.42 Å². The van der Waals surface area contributed by atoms with Crippen molar-refractivity contribution in [3.05, 3.63) is 53.9 Å². The van der Waals surface area contributed by atoms with Gasteiger partial charge in [-0.15, -0.1) is 0 Å². The molecule has 2 heterocycles. The predicted molar refractivity (Wildman–Crippen MR) is 117 cm³/mol. The summed E-state index contributed by atoms with van der Waals surface area (Å²) in [6.45, 7) is 4.73. The van der Waals surface area contributed by atoms with Crippen LogP contribution in [0.25, 0.3) is 0 Å². The number of ether oxygens (including phenoxy) is 2. The Labute approximate surface area is 188 Å². The maximum atomic E-state index is 13.1. The predicted octanol–water partition coefficient (Wildman–Crippen LogP) is 1.86. The number of sulfonamides is 1. The van der Waals surface area contributed by atoms with Crippen LogP contribution in [0.2, 0.25) is 0 Å². The lowest BCUT2D eigenvalue weighted by molar-refractivity contribution is -0.147. The number of benzene rings is 1. The molecule has 0 aliphatic carbocycles. The molecule has 0 saturated carbocycles. The molecule has 1 aliphatic heterocycles. The van der Waals surface area contributed by atoms with Gasteiger partial charge in [-0.1, -0.05) is 30.3 Å². The Hall–Kier alpha value is -2.69. The summed E-state index contributed by atoms with van der Waals surface area (Å²) < 4.78 is 39.1. The van der Waals surface area contributed by atoms with E-state index in [1.807, 2.05) is 30.3 Å². The minimum Gasteiger partial charge on any atom is -0.463 e. The first-order valence-corrected chi connectivity index (χ1v) is 11.9. The zero-order chi connectivity index (χ0) is 23.3. The topological polar surface area (TPSA) is 107 Å². The van der Waals surface area contributed by atoms with E-state index in [-0.39, 0.29) is 36.2 Å². The van der Waals surface area contributed by atoms with Crippen LogP contribution in [0.5, 0.6) is 0 Å². The monoisotopic (exact) mass is 463 g/mol. The summed E-state index contributed by atoms with van der Waals surface area (Å²) in [6.07, 6.45) is 1.11. The SMILES string of the molecule is CC(C)OC(=O)C[C@@H](NC(=O)c1cc(S(=O)(=O)N2CCOCC2)cn1C)c1ccccc1. The van der Waals surface area contributed by atoms with Crippen molar-refractivity contribution in [2.45, 2.75) is 37.3 Å². The number of rotatable bonds is 8. The molecule has 1 N–H and O–H groups in total. The van der Waals surface area contributed by atoms with E-state index >= 15 is 0 Å². The van der Waals surface area contributed by atoms with Crippen molar-refractivity contribution in [3.8, 4) is 0 Å². The number of carbonyl (C=O) groups excluding carboxylic acids is 2. The molecule has 3 rings (SSSR count). The van der Waals surface area contributed by atoms with E-state index in [0.717, 1.165) is 5.56 Å². The summed E-state index contributed by atoms with van der Waals surface area (Å²) in [5.74, 6) is -0.918. The normalized spacial score (nSPS) is 16.0. The van der Waals surface area contributed by atoms with Gasteiger partial charge in [0.2, 0.25) is 10.0 Å². The Kier molecular flexibility index (Phi) is 7.70. The van der Waals surface area contributed by atoms with Gasteiger partial charge in [-0.05, 0) is 25.5 Å². The lowest BCUT2D eigenvalue weighted by atomic mass is 10.0. The van der Waals surface area contributed by atoms with Crippen LogP contribution in [-0.4, -0.2) is 61.6 Å². The quantitative estimate of drug-likeness (QED) is 0.599. The minimum absolute atomic E-state index is 0.0440. The standard InChI is InChI=1S/C22H29N3O6S/c1-16(2)31-21(26)14-19(17-7-5-4-6-8-17)23-22(27)20-13-18(15-24(20)3)32(28,29)25-9-11-30-12-10-25/h4-8,13,15-16,19H,9-12,14H2,1-3H3,(H,23,27)/t19-/m1/s1. The van der Waals surface area contributed by atoms with Gasteiger partial charge in [0.05, 0.1) is 31.8 Å². The van der Waals surface area contributed by atoms with Gasteiger partial charge in [0.1, 0.15) is 10.6 Å². The third-order valence-electron chi connectivity index (χ3n) is 5.07. The molecule has 1 aromatic heterocycles. The molecule has 32 heavy (non-hydrogen) atoms. The van der Waals surface area contributed by atoms with E-state index in [1.54, 1.807) is 20.9 Å². The first-order chi connectivity index (χ1) is 15.2. The summed E-state index contributed by atoms with van der Waals surface area (Å²) >= 11 is 0. The Bertz CT molecular complexity index is 1040. The van der Waals surface area contributed by atoms with Crippen LogP contribution in [0.1, 0.15) is 42.4 Å². The number of hydrogen-bond donors (Lipinski definition) is 1. The molecule has 0 unspecified atom stereocenters. The second kappa shape index (κ2) is 10.3. The average Bonchev–Trinajstić information content (AvgIpc) is 3.16. The number of nitrogens with zero attached hydrogens (tertiary/aromatic N) is 2. The van der Waals surface area contributed by atoms with Crippen molar-refractivity contribution in [2.75, 3.05) is 26.3 Å². The Morgan fingerprint density at radius 1 is 1.16 bits per heavy atom. The van der Waals surface area contributed by atoms with Crippen molar-refractivity contribution in [3.63, 3.8) is 0 Å². The highest BCUT2D eigenvalue weighted by Crippen LogP contribution is 2.22. The lowest BCUT2D eigenvalue weighted by Crippen LogP contribution is -2.40. The summed E-state index contributed by atoms with van der Waals surface area (Å²) in [6, 6.07) is 9.84. The van der Waals surface area contributed by atoms with Crippen LogP contribution in [0.3, 0.4) is 0 Å². The van der Waals surface area contributed by atoms with E-state index in [2.05, 4.69) is 5.32 Å². The molecule has 0 spiro atoms. The van der Waals surface area contributed by atoms with Crippen LogP contribution >= 0.6 is 0 Å². The molecule has 0 bridgehead atoms. The van der Waals surface area contributed by atoms with Gasteiger partial charge >= 0.3 is 5.97 Å². The van der Waals surface area contributed by atoms with Crippen LogP contribution in [-0.2, 0) is 31.3 Å². The van der Waals surface area contributed by atoms with Gasteiger partial charge in [0.15, 0.2) is 0 Å². The zero-order valence-corrected chi connectivity index (χ0v) is 19.3. The molecule has 174 valence electrons. The van der Waals surface area contributed by atoms with Crippen molar-refractivity contribution >= 4 is 21.9 Å². The summed E-state index contributed by atoms with van der Waals surface area (Å²) in [5, 5.41) is 2.85. The van der Waals surface area contributed by atoms with Gasteiger partial charge in [0, 0.05) is 26.3 Å². The summed E-state index contributed by atoms with van der Waals surface area (Å²) in [7, 11) is -2.12. The number of amides is 1. The van der Waals surface area contributed by atoms with Crippen LogP contribution in [0.4, 0.5) is 0 Å². The molecule has 2 aromatic rings. The van der Waals surface area contributed by atoms with Crippen molar-refractivity contribution in [2.24, 2.45) is 7.05 Å². The summed E-state index contributed by atoms with van der Waals surface area (Å²) in [5.41, 5.74) is 0.923. The molecule has 1 atom stereocenters. The van der Waals surface area contributed by atoms with Crippen molar-refractivity contribution in [1.29, 1.82) is 0 Å². The highest BCUT2D eigenvalue weighted by atomic mass is 32.2. The van der Waals surface area contributed by atoms with E-state index < -0.39 is 27.9 Å². The molecule has 10 heteroatoms. The third-order valence-corrected chi connectivity index (χ3v) is 6.93. The molecule has 1 saturated heterocycles. The van der Waals surface area contributed by atoms with E-state index in [1.165, 1.54) is 21.1 Å². The third kappa shape index (κ3) is 5.76. The highest BCUT2D eigenvalue weighted by molar-refractivity contribution is 7.89. The van der Waals surface area contributed by atoms with Crippen LogP contribution in [0.15, 0.2) is 47.5 Å². The first kappa shape index (κ1) is 24.0. The maximum Gasteiger partial charge on any atom is 0.308 e. The number of carbonyl (C=O) groups is 2. The average molecular weight is 464 g/mol. The molecule has 1 aromatic carbocycles. The molecule has 1 amide bonds. The fourth-order valence-electron chi connectivity index (χ4n) is 3.48. The van der Waals surface area contributed by atoms with E-state index in [9.17, 15) is 18.0 Å². The van der Waals surface area contributed by atoms with Crippen molar-refractivity contribution < 1.29 is 27.5 Å².